The summed E-state index contributed by atoms with van der Waals surface area (Å²) in [7, 11) is 1.61. The molecule has 1 aromatic heterocycles. The summed E-state index contributed by atoms with van der Waals surface area (Å²) in [6.07, 6.45) is 4.86. The van der Waals surface area contributed by atoms with Crippen LogP contribution in [0.15, 0.2) is 79.0 Å². The van der Waals surface area contributed by atoms with Crippen LogP contribution in [-0.2, 0) is 17.9 Å². The molecule has 184 valence electrons. The smallest absolute Gasteiger partial charge is 0.249 e. The molecule has 0 aliphatic rings. The third-order valence-electron chi connectivity index (χ3n) is 5.45. The minimum Gasteiger partial charge on any atom is -0.496 e. The first-order valence-corrected chi connectivity index (χ1v) is 11.6. The SMILES string of the molecule is COc1ccc(/C=C/C(=O)Nc2ccn(Cc3ccc(F)cc3Cl)n2)cc1COc1ccccc1C. The Morgan fingerprint density at radius 1 is 1.08 bits per heavy atom. The Labute approximate surface area is 213 Å². The number of aryl methyl sites for hydroxylation is 1. The van der Waals surface area contributed by atoms with Crippen molar-refractivity contribution in [1.29, 1.82) is 0 Å². The number of benzene rings is 3. The molecule has 0 saturated carbocycles. The van der Waals surface area contributed by atoms with E-state index < -0.39 is 5.82 Å². The minimum absolute atomic E-state index is 0.321. The zero-order chi connectivity index (χ0) is 25.5. The zero-order valence-corrected chi connectivity index (χ0v) is 20.6. The molecule has 6 nitrogen and oxygen atoms in total. The van der Waals surface area contributed by atoms with Gasteiger partial charge in [-0.25, -0.2) is 4.39 Å². The van der Waals surface area contributed by atoms with Crippen molar-refractivity contribution in [2.75, 3.05) is 12.4 Å². The summed E-state index contributed by atoms with van der Waals surface area (Å²) < 4.78 is 26.3. The van der Waals surface area contributed by atoms with Crippen LogP contribution in [0.1, 0.15) is 22.3 Å². The molecular weight excluding hydrogens is 481 g/mol. The summed E-state index contributed by atoms with van der Waals surface area (Å²) in [6.45, 7) is 2.67. The van der Waals surface area contributed by atoms with Crippen LogP contribution in [0.2, 0.25) is 5.02 Å². The number of aromatic nitrogens is 2. The molecule has 1 amide bonds. The summed E-state index contributed by atoms with van der Waals surface area (Å²) in [5.74, 6) is 1.18. The van der Waals surface area contributed by atoms with E-state index >= 15 is 0 Å². The number of carbonyl (C=O) groups is 1. The molecule has 36 heavy (non-hydrogen) atoms. The van der Waals surface area contributed by atoms with Gasteiger partial charge in [-0.2, -0.15) is 5.10 Å². The lowest BCUT2D eigenvalue weighted by molar-refractivity contribution is -0.111. The van der Waals surface area contributed by atoms with Gasteiger partial charge in [0.1, 0.15) is 23.9 Å². The van der Waals surface area contributed by atoms with Crippen LogP contribution in [0.3, 0.4) is 0 Å². The normalized spacial score (nSPS) is 11.0. The number of carbonyl (C=O) groups excluding carboxylic acids is 1. The zero-order valence-electron chi connectivity index (χ0n) is 19.9. The van der Waals surface area contributed by atoms with Crippen molar-refractivity contribution in [3.05, 3.63) is 112 Å². The molecule has 8 heteroatoms. The van der Waals surface area contributed by atoms with Crippen molar-refractivity contribution in [1.82, 2.24) is 9.78 Å². The maximum Gasteiger partial charge on any atom is 0.249 e. The molecule has 0 bridgehead atoms. The number of ether oxygens (including phenoxy) is 2. The third-order valence-corrected chi connectivity index (χ3v) is 5.80. The van der Waals surface area contributed by atoms with Crippen molar-refractivity contribution in [2.24, 2.45) is 0 Å². The number of anilines is 1. The Bertz CT molecular complexity index is 1400. The molecule has 0 fully saturated rings. The van der Waals surface area contributed by atoms with E-state index in [1.54, 1.807) is 36.2 Å². The first kappa shape index (κ1) is 25.0. The monoisotopic (exact) mass is 505 g/mol. The number of nitrogens with zero attached hydrogens (tertiary/aromatic N) is 2. The van der Waals surface area contributed by atoms with Gasteiger partial charge >= 0.3 is 0 Å². The van der Waals surface area contributed by atoms with Crippen LogP contribution in [0.4, 0.5) is 10.2 Å². The second-order valence-electron chi connectivity index (χ2n) is 8.08. The van der Waals surface area contributed by atoms with Gasteiger partial charge < -0.3 is 14.8 Å². The predicted octanol–water partition coefficient (Wildman–Crippen LogP) is 6.27. The number of hydrogen-bond acceptors (Lipinski definition) is 4. The van der Waals surface area contributed by atoms with E-state index in [0.29, 0.717) is 29.7 Å². The number of hydrogen-bond donors (Lipinski definition) is 1. The summed E-state index contributed by atoms with van der Waals surface area (Å²) >= 11 is 6.08. The number of methoxy groups -OCH3 is 1. The van der Waals surface area contributed by atoms with Crippen molar-refractivity contribution in [2.45, 2.75) is 20.1 Å². The van der Waals surface area contributed by atoms with E-state index in [1.807, 2.05) is 49.4 Å². The van der Waals surface area contributed by atoms with E-state index in [9.17, 15) is 9.18 Å². The Hall–Kier alpha value is -4.10. The van der Waals surface area contributed by atoms with E-state index in [2.05, 4.69) is 10.4 Å². The van der Waals surface area contributed by atoms with Crippen LogP contribution in [0.25, 0.3) is 6.08 Å². The van der Waals surface area contributed by atoms with E-state index in [1.165, 1.54) is 18.2 Å². The maximum absolute atomic E-state index is 13.2. The molecule has 0 saturated heterocycles. The van der Waals surface area contributed by atoms with Crippen molar-refractivity contribution < 1.29 is 18.7 Å². The number of halogens is 2. The maximum atomic E-state index is 13.2. The number of nitrogens with one attached hydrogen (secondary N) is 1. The molecule has 0 aliphatic heterocycles. The topological polar surface area (TPSA) is 65.4 Å². The molecule has 0 atom stereocenters. The lowest BCUT2D eigenvalue weighted by Crippen LogP contribution is -2.09. The lowest BCUT2D eigenvalue weighted by Gasteiger charge is -2.12. The molecule has 0 radical (unpaired) electrons. The Morgan fingerprint density at radius 3 is 2.69 bits per heavy atom. The quantitative estimate of drug-likeness (QED) is 0.272. The summed E-state index contributed by atoms with van der Waals surface area (Å²) in [5, 5.41) is 7.38. The van der Waals surface area contributed by atoms with Crippen molar-refractivity contribution in [3.63, 3.8) is 0 Å². The molecule has 1 N–H and O–H groups in total. The van der Waals surface area contributed by atoms with Gasteiger partial charge in [0.2, 0.25) is 5.91 Å². The fraction of sp³-hybridized carbons (Fsp3) is 0.143. The van der Waals surface area contributed by atoms with Gasteiger partial charge in [-0.1, -0.05) is 41.9 Å². The number of rotatable bonds is 9. The first-order chi connectivity index (χ1) is 17.4. The third kappa shape index (κ3) is 6.52. The Kier molecular flexibility index (Phi) is 8.02. The highest BCUT2D eigenvalue weighted by Crippen LogP contribution is 2.24. The predicted molar refractivity (Wildman–Crippen MR) is 139 cm³/mol. The van der Waals surface area contributed by atoms with Crippen LogP contribution in [-0.4, -0.2) is 22.8 Å². The molecule has 0 unspecified atom stereocenters. The van der Waals surface area contributed by atoms with Gasteiger partial charge in [0.25, 0.3) is 0 Å². The average molecular weight is 506 g/mol. The van der Waals surface area contributed by atoms with Gasteiger partial charge in [-0.05, 0) is 60.0 Å². The molecule has 4 aromatic rings. The first-order valence-electron chi connectivity index (χ1n) is 11.2. The lowest BCUT2D eigenvalue weighted by atomic mass is 10.1. The summed E-state index contributed by atoms with van der Waals surface area (Å²) in [4.78, 5) is 12.4. The molecule has 3 aromatic carbocycles. The Balaban J connectivity index is 1.38. The second-order valence-corrected chi connectivity index (χ2v) is 8.49. The largest absolute Gasteiger partial charge is 0.496 e. The average Bonchev–Trinajstić information content (AvgIpc) is 3.30. The fourth-order valence-electron chi connectivity index (χ4n) is 3.57. The van der Waals surface area contributed by atoms with Gasteiger partial charge in [0, 0.05) is 28.9 Å². The van der Waals surface area contributed by atoms with Crippen LogP contribution >= 0.6 is 11.6 Å². The highest BCUT2D eigenvalue weighted by atomic mass is 35.5. The summed E-state index contributed by atoms with van der Waals surface area (Å²) in [6, 6.07) is 19.3. The number of amides is 1. The van der Waals surface area contributed by atoms with Crippen LogP contribution in [0, 0.1) is 12.7 Å². The number of para-hydroxylation sites is 1. The van der Waals surface area contributed by atoms with Gasteiger partial charge in [-0.3, -0.25) is 9.48 Å². The minimum atomic E-state index is -0.397. The molecule has 0 spiro atoms. The molecular formula is C28H25ClFN3O3. The fourth-order valence-corrected chi connectivity index (χ4v) is 3.80. The van der Waals surface area contributed by atoms with Crippen molar-refractivity contribution in [3.8, 4) is 11.5 Å². The molecule has 4 rings (SSSR count). The standard InChI is InChI=1S/C28H25ClFN3O3/c1-19-5-3-4-6-25(19)36-18-22-15-20(7-11-26(22)35-2)8-12-28(34)31-27-13-14-33(32-27)17-21-9-10-23(30)16-24(21)29/h3-16H,17-18H2,1-2H3,(H,31,32,34)/b12-8+. The van der Waals surface area contributed by atoms with E-state index in [4.69, 9.17) is 21.1 Å². The van der Waals surface area contributed by atoms with Gasteiger partial charge in [0.15, 0.2) is 5.82 Å². The summed E-state index contributed by atoms with van der Waals surface area (Å²) in [5.41, 5.74) is 3.46. The highest BCUT2D eigenvalue weighted by Gasteiger charge is 2.08. The second kappa shape index (κ2) is 11.6. The van der Waals surface area contributed by atoms with E-state index in [0.717, 1.165) is 28.0 Å². The molecule has 0 aliphatic carbocycles. The van der Waals surface area contributed by atoms with Crippen LogP contribution < -0.4 is 14.8 Å². The molecule has 1 heterocycles. The highest BCUT2D eigenvalue weighted by molar-refractivity contribution is 6.31. The van der Waals surface area contributed by atoms with Gasteiger partial charge in [0.05, 0.1) is 13.7 Å². The van der Waals surface area contributed by atoms with E-state index in [-0.39, 0.29) is 5.91 Å². The van der Waals surface area contributed by atoms with Crippen LogP contribution in [0.5, 0.6) is 11.5 Å². The Morgan fingerprint density at radius 2 is 1.92 bits per heavy atom. The van der Waals surface area contributed by atoms with Gasteiger partial charge in [-0.15, -0.1) is 0 Å². The van der Waals surface area contributed by atoms with Crippen molar-refractivity contribution >= 4 is 29.4 Å².